The molecule has 4 nitrogen and oxygen atoms in total. The monoisotopic (exact) mass is 324 g/mol. The Morgan fingerprint density at radius 2 is 1.82 bits per heavy atom. The van der Waals surface area contributed by atoms with E-state index in [1.165, 1.54) is 12.8 Å². The van der Waals surface area contributed by atoms with E-state index in [0.29, 0.717) is 24.7 Å². The Morgan fingerprint density at radius 3 is 2.36 bits per heavy atom. The fourth-order valence-electron chi connectivity index (χ4n) is 3.62. The van der Waals surface area contributed by atoms with Crippen LogP contribution in [0.4, 0.5) is 0 Å². The molecule has 3 rings (SSSR count). The highest BCUT2D eigenvalue weighted by molar-refractivity contribution is 5.94. The second-order valence-corrected chi connectivity index (χ2v) is 6.31. The van der Waals surface area contributed by atoms with E-state index in [1.807, 2.05) is 36.2 Å². The highest BCUT2D eigenvalue weighted by Gasteiger charge is 2.36. The second-order valence-electron chi connectivity index (χ2n) is 6.31. The fourth-order valence-corrected chi connectivity index (χ4v) is 3.62. The van der Waals surface area contributed by atoms with Crippen LogP contribution < -0.4 is 5.32 Å². The number of fused-ring (bicyclic) bond motifs is 2. The van der Waals surface area contributed by atoms with Gasteiger partial charge in [0.1, 0.15) is 0 Å². The van der Waals surface area contributed by atoms with Gasteiger partial charge in [-0.3, -0.25) is 4.79 Å². The lowest BCUT2D eigenvalue weighted by Crippen LogP contribution is -2.48. The lowest BCUT2D eigenvalue weighted by Gasteiger charge is -2.35. The molecule has 2 bridgehead atoms. The molecule has 2 atom stereocenters. The quantitative estimate of drug-likeness (QED) is 0.925. The molecule has 2 heterocycles. The fraction of sp³-hybridized carbons (Fsp3) is 0.588. The maximum atomic E-state index is 12.6. The Balaban J connectivity index is 0.00000176. The van der Waals surface area contributed by atoms with E-state index in [1.54, 1.807) is 7.11 Å². The molecule has 5 heteroatoms. The number of nitrogens with one attached hydrogen (secondary N) is 1. The smallest absolute Gasteiger partial charge is 0.253 e. The van der Waals surface area contributed by atoms with E-state index in [4.69, 9.17) is 4.74 Å². The van der Waals surface area contributed by atoms with Gasteiger partial charge in [0.05, 0.1) is 6.61 Å². The first-order valence-electron chi connectivity index (χ1n) is 7.78. The van der Waals surface area contributed by atoms with Crippen molar-refractivity contribution in [1.29, 1.82) is 0 Å². The van der Waals surface area contributed by atoms with Crippen molar-refractivity contribution in [2.24, 2.45) is 0 Å². The van der Waals surface area contributed by atoms with Crippen LogP contribution in [-0.4, -0.2) is 43.1 Å². The van der Waals surface area contributed by atoms with Crippen LogP contribution in [0.25, 0.3) is 0 Å². The van der Waals surface area contributed by atoms with Crippen molar-refractivity contribution < 1.29 is 9.53 Å². The molecule has 2 aliphatic rings. The Morgan fingerprint density at radius 1 is 1.23 bits per heavy atom. The maximum absolute atomic E-state index is 12.6. The number of benzene rings is 1. The van der Waals surface area contributed by atoms with Crippen LogP contribution in [0.15, 0.2) is 24.3 Å². The van der Waals surface area contributed by atoms with E-state index in [-0.39, 0.29) is 18.3 Å². The molecule has 0 saturated carbocycles. The topological polar surface area (TPSA) is 41.6 Å². The van der Waals surface area contributed by atoms with Gasteiger partial charge >= 0.3 is 0 Å². The van der Waals surface area contributed by atoms with Crippen molar-refractivity contribution in [2.45, 2.75) is 50.4 Å². The van der Waals surface area contributed by atoms with Gasteiger partial charge in [-0.15, -0.1) is 12.4 Å². The Kier molecular flexibility index (Phi) is 5.84. The number of carbonyl (C=O) groups is 1. The summed E-state index contributed by atoms with van der Waals surface area (Å²) in [5, 5.41) is 3.62. The predicted molar refractivity (Wildman–Crippen MR) is 89.5 cm³/mol. The van der Waals surface area contributed by atoms with Crippen LogP contribution in [0.1, 0.15) is 41.6 Å². The van der Waals surface area contributed by atoms with E-state index in [9.17, 15) is 4.79 Å². The molecule has 1 aromatic carbocycles. The molecule has 1 aromatic rings. The number of ether oxygens (including phenoxy) is 1. The molecule has 0 spiro atoms. The third-order valence-corrected chi connectivity index (χ3v) is 4.83. The summed E-state index contributed by atoms with van der Waals surface area (Å²) in [5.41, 5.74) is 1.86. The largest absolute Gasteiger partial charge is 0.380 e. The first-order valence-corrected chi connectivity index (χ1v) is 7.78. The summed E-state index contributed by atoms with van der Waals surface area (Å²) < 4.78 is 5.10. The second kappa shape index (κ2) is 7.44. The third kappa shape index (κ3) is 3.62. The summed E-state index contributed by atoms with van der Waals surface area (Å²) in [4.78, 5) is 14.6. The van der Waals surface area contributed by atoms with Crippen LogP contribution in [0.5, 0.6) is 0 Å². The maximum Gasteiger partial charge on any atom is 0.253 e. The lowest BCUT2D eigenvalue weighted by molar-refractivity contribution is 0.0681. The number of piperidine rings is 1. The number of halogens is 1. The number of rotatable bonds is 4. The van der Waals surface area contributed by atoms with E-state index < -0.39 is 0 Å². The number of carbonyl (C=O) groups excluding carboxylic acids is 1. The lowest BCUT2D eigenvalue weighted by atomic mass is 9.98. The zero-order valence-electron chi connectivity index (χ0n) is 13.2. The molecular formula is C17H25ClN2O2. The highest BCUT2D eigenvalue weighted by Crippen LogP contribution is 2.29. The molecule has 1 N–H and O–H groups in total. The van der Waals surface area contributed by atoms with E-state index >= 15 is 0 Å². The van der Waals surface area contributed by atoms with E-state index in [0.717, 1.165) is 24.0 Å². The van der Waals surface area contributed by atoms with Gasteiger partial charge in [0.25, 0.3) is 5.91 Å². The molecule has 2 unspecified atom stereocenters. The van der Waals surface area contributed by atoms with Gasteiger partial charge in [-0.1, -0.05) is 12.1 Å². The minimum atomic E-state index is 0. The minimum Gasteiger partial charge on any atom is -0.380 e. The molecule has 2 aliphatic heterocycles. The van der Waals surface area contributed by atoms with Crippen LogP contribution in [0, 0.1) is 0 Å². The molecule has 0 aromatic heterocycles. The highest BCUT2D eigenvalue weighted by atomic mass is 35.5. The average Bonchev–Trinajstić information content (AvgIpc) is 2.85. The van der Waals surface area contributed by atoms with Crippen molar-refractivity contribution in [3.05, 3.63) is 35.4 Å². The predicted octanol–water partition coefficient (Wildman–Crippen LogP) is 2.61. The van der Waals surface area contributed by atoms with Crippen molar-refractivity contribution in [3.8, 4) is 0 Å². The van der Waals surface area contributed by atoms with Crippen molar-refractivity contribution in [2.75, 3.05) is 14.2 Å². The normalized spacial score (nSPS) is 26.4. The molecule has 2 fully saturated rings. The Bertz CT molecular complexity index is 494. The van der Waals surface area contributed by atoms with Gasteiger partial charge in [-0.25, -0.2) is 0 Å². The summed E-state index contributed by atoms with van der Waals surface area (Å²) in [6.07, 6.45) is 4.69. The van der Waals surface area contributed by atoms with Gasteiger partial charge in [-0.05, 0) is 43.4 Å². The summed E-state index contributed by atoms with van der Waals surface area (Å²) in [7, 11) is 3.62. The SMILES string of the molecule is COCc1ccc(C(=O)N(C)C2CC3CCC(C2)N3)cc1.Cl. The summed E-state index contributed by atoms with van der Waals surface area (Å²) in [6.45, 7) is 0.585. The van der Waals surface area contributed by atoms with Gasteiger partial charge in [-0.2, -0.15) is 0 Å². The molecular weight excluding hydrogens is 300 g/mol. The third-order valence-electron chi connectivity index (χ3n) is 4.83. The van der Waals surface area contributed by atoms with Crippen molar-refractivity contribution in [3.63, 3.8) is 0 Å². The van der Waals surface area contributed by atoms with Crippen LogP contribution in [0.2, 0.25) is 0 Å². The van der Waals surface area contributed by atoms with Gasteiger partial charge < -0.3 is 15.0 Å². The Hall–Kier alpha value is -1.10. The summed E-state index contributed by atoms with van der Waals surface area (Å²) in [5.74, 6) is 0.130. The molecule has 0 aliphatic carbocycles. The Labute approximate surface area is 138 Å². The van der Waals surface area contributed by atoms with Crippen LogP contribution in [-0.2, 0) is 11.3 Å². The number of nitrogens with zero attached hydrogens (tertiary/aromatic N) is 1. The molecule has 2 saturated heterocycles. The standard InChI is InChI=1S/C17H24N2O2.ClH/c1-19(16-9-14-7-8-15(10-16)18-14)17(20)13-5-3-12(4-6-13)11-21-2;/h3-6,14-16,18H,7-11H2,1-2H3;1H. The number of methoxy groups -OCH3 is 1. The van der Waals surface area contributed by atoms with Crippen LogP contribution in [0.3, 0.4) is 0 Å². The zero-order valence-corrected chi connectivity index (χ0v) is 14.1. The van der Waals surface area contributed by atoms with E-state index in [2.05, 4.69) is 5.32 Å². The summed E-state index contributed by atoms with van der Waals surface area (Å²) in [6, 6.07) is 9.33. The van der Waals surface area contributed by atoms with Gasteiger partial charge in [0.2, 0.25) is 0 Å². The molecule has 22 heavy (non-hydrogen) atoms. The first-order chi connectivity index (χ1) is 10.2. The van der Waals surface area contributed by atoms with Gasteiger partial charge in [0, 0.05) is 37.8 Å². The summed E-state index contributed by atoms with van der Waals surface area (Å²) >= 11 is 0. The average molecular weight is 325 g/mol. The zero-order chi connectivity index (χ0) is 14.8. The minimum absolute atomic E-state index is 0. The van der Waals surface area contributed by atoms with Gasteiger partial charge in [0.15, 0.2) is 0 Å². The van der Waals surface area contributed by atoms with Crippen molar-refractivity contribution >= 4 is 18.3 Å². The van der Waals surface area contributed by atoms with Crippen LogP contribution >= 0.6 is 12.4 Å². The molecule has 1 amide bonds. The molecule has 122 valence electrons. The number of hydrogen-bond donors (Lipinski definition) is 1. The number of hydrogen-bond acceptors (Lipinski definition) is 3. The van der Waals surface area contributed by atoms with Crippen molar-refractivity contribution in [1.82, 2.24) is 10.2 Å². The number of amides is 1. The molecule has 0 radical (unpaired) electrons. The first kappa shape index (κ1) is 17.3.